The van der Waals surface area contributed by atoms with Crippen LogP contribution in [0.4, 0.5) is 5.69 Å². The van der Waals surface area contributed by atoms with Crippen molar-refractivity contribution in [1.29, 1.82) is 0 Å². The summed E-state index contributed by atoms with van der Waals surface area (Å²) in [6.07, 6.45) is 0. The third-order valence-electron chi connectivity index (χ3n) is 2.48. The van der Waals surface area contributed by atoms with Crippen molar-refractivity contribution in [3.05, 3.63) is 32.8 Å². The molecule has 0 bridgehead atoms. The number of halogens is 1. The minimum absolute atomic E-state index is 0.0520. The van der Waals surface area contributed by atoms with Crippen LogP contribution < -0.4 is 10.1 Å². The van der Waals surface area contributed by atoms with E-state index in [1.54, 1.807) is 6.07 Å². The minimum atomic E-state index is -0.429. The van der Waals surface area contributed by atoms with Crippen LogP contribution in [0.1, 0.15) is 6.92 Å². The summed E-state index contributed by atoms with van der Waals surface area (Å²) in [7, 11) is 0. The van der Waals surface area contributed by atoms with Crippen LogP contribution in [0.3, 0.4) is 0 Å². The molecule has 0 amide bonds. The third-order valence-corrected chi connectivity index (χ3v) is 3.10. The van der Waals surface area contributed by atoms with E-state index < -0.39 is 4.92 Å². The fourth-order valence-corrected chi connectivity index (χ4v) is 1.95. The number of nitrogens with one attached hydrogen (secondary N) is 1. The SMILES string of the molecule is CC1(Oc2ccc([N+](=O)[O-])cc2Br)CNC1. The normalized spacial score (nSPS) is 17.6. The van der Waals surface area contributed by atoms with Gasteiger partial charge in [0.25, 0.3) is 5.69 Å². The lowest BCUT2D eigenvalue weighted by atomic mass is 10.00. The Labute approximate surface area is 101 Å². The Morgan fingerprint density at radius 1 is 1.56 bits per heavy atom. The fraction of sp³-hybridized carbons (Fsp3) is 0.400. The number of ether oxygens (including phenoxy) is 1. The zero-order valence-corrected chi connectivity index (χ0v) is 10.3. The summed E-state index contributed by atoms with van der Waals surface area (Å²) in [5.74, 6) is 0.634. The van der Waals surface area contributed by atoms with Crippen molar-refractivity contribution in [2.45, 2.75) is 12.5 Å². The summed E-state index contributed by atoms with van der Waals surface area (Å²) in [4.78, 5) is 10.1. The highest BCUT2D eigenvalue weighted by Crippen LogP contribution is 2.32. The molecule has 1 heterocycles. The maximum Gasteiger partial charge on any atom is 0.270 e. The van der Waals surface area contributed by atoms with Crippen molar-refractivity contribution < 1.29 is 9.66 Å². The molecule has 0 atom stereocenters. The molecule has 2 rings (SSSR count). The summed E-state index contributed by atoms with van der Waals surface area (Å²) in [6.45, 7) is 3.57. The number of benzene rings is 1. The van der Waals surface area contributed by atoms with Crippen LogP contribution >= 0.6 is 15.9 Å². The molecule has 0 spiro atoms. The number of nitro groups is 1. The zero-order valence-electron chi connectivity index (χ0n) is 8.70. The van der Waals surface area contributed by atoms with Gasteiger partial charge >= 0.3 is 0 Å². The zero-order chi connectivity index (χ0) is 11.8. The lowest BCUT2D eigenvalue weighted by Gasteiger charge is -2.39. The van der Waals surface area contributed by atoms with E-state index in [1.165, 1.54) is 12.1 Å². The first-order valence-corrected chi connectivity index (χ1v) is 5.63. The first-order valence-electron chi connectivity index (χ1n) is 4.84. The molecule has 1 aromatic carbocycles. The summed E-state index contributed by atoms with van der Waals surface area (Å²) < 4.78 is 6.38. The second kappa shape index (κ2) is 4.03. The van der Waals surface area contributed by atoms with Gasteiger partial charge in [-0.05, 0) is 28.9 Å². The van der Waals surface area contributed by atoms with E-state index in [0.29, 0.717) is 10.2 Å². The minimum Gasteiger partial charge on any atom is -0.484 e. The van der Waals surface area contributed by atoms with Crippen molar-refractivity contribution in [1.82, 2.24) is 5.32 Å². The highest BCUT2D eigenvalue weighted by atomic mass is 79.9. The molecule has 16 heavy (non-hydrogen) atoms. The molecule has 1 aromatic rings. The second-order valence-electron chi connectivity index (χ2n) is 4.03. The van der Waals surface area contributed by atoms with E-state index in [9.17, 15) is 10.1 Å². The van der Waals surface area contributed by atoms with Crippen molar-refractivity contribution >= 4 is 21.6 Å². The molecular formula is C10H11BrN2O3. The Kier molecular flexibility index (Phi) is 2.86. The molecule has 0 saturated carbocycles. The van der Waals surface area contributed by atoms with E-state index >= 15 is 0 Å². The molecule has 86 valence electrons. The molecule has 0 radical (unpaired) electrons. The van der Waals surface area contributed by atoms with Crippen molar-refractivity contribution in [2.75, 3.05) is 13.1 Å². The topological polar surface area (TPSA) is 64.4 Å². The predicted molar refractivity (Wildman–Crippen MR) is 62.7 cm³/mol. The summed E-state index contributed by atoms with van der Waals surface area (Å²) in [6, 6.07) is 4.51. The van der Waals surface area contributed by atoms with E-state index in [2.05, 4.69) is 21.2 Å². The Balaban J connectivity index is 2.19. The van der Waals surface area contributed by atoms with Gasteiger partial charge in [-0.15, -0.1) is 0 Å². The maximum absolute atomic E-state index is 10.6. The molecule has 0 aliphatic carbocycles. The van der Waals surface area contributed by atoms with Crippen LogP contribution in [0.2, 0.25) is 0 Å². The van der Waals surface area contributed by atoms with E-state index in [-0.39, 0.29) is 11.3 Å². The summed E-state index contributed by atoms with van der Waals surface area (Å²) >= 11 is 3.27. The maximum atomic E-state index is 10.6. The molecule has 0 unspecified atom stereocenters. The van der Waals surface area contributed by atoms with Gasteiger partial charge in [0.2, 0.25) is 0 Å². The molecule has 5 nitrogen and oxygen atoms in total. The number of nitrogens with zero attached hydrogens (tertiary/aromatic N) is 1. The molecule has 1 N–H and O–H groups in total. The van der Waals surface area contributed by atoms with Gasteiger partial charge in [-0.25, -0.2) is 0 Å². The Bertz CT molecular complexity index is 432. The molecule has 1 aliphatic rings. The number of nitro benzene ring substituents is 1. The monoisotopic (exact) mass is 286 g/mol. The molecule has 1 saturated heterocycles. The average molecular weight is 287 g/mol. The number of non-ortho nitro benzene ring substituents is 1. The standard InChI is InChI=1S/C10H11BrN2O3/c1-10(5-12-6-10)16-9-3-2-7(13(14)15)4-8(9)11/h2-4,12H,5-6H2,1H3. The van der Waals surface area contributed by atoms with Crippen LogP contribution in [-0.2, 0) is 0 Å². The first kappa shape index (κ1) is 11.3. The van der Waals surface area contributed by atoms with Gasteiger partial charge in [-0.1, -0.05) is 0 Å². The fourth-order valence-electron chi connectivity index (χ4n) is 1.50. The van der Waals surface area contributed by atoms with E-state index in [1.807, 2.05) is 6.92 Å². The Morgan fingerprint density at radius 2 is 2.25 bits per heavy atom. The third kappa shape index (κ3) is 2.17. The van der Waals surface area contributed by atoms with Gasteiger partial charge in [-0.3, -0.25) is 10.1 Å². The van der Waals surface area contributed by atoms with Gasteiger partial charge in [-0.2, -0.15) is 0 Å². The molecule has 1 aliphatic heterocycles. The lowest BCUT2D eigenvalue weighted by molar-refractivity contribution is -0.385. The van der Waals surface area contributed by atoms with Gasteiger partial charge in [0.1, 0.15) is 11.4 Å². The summed E-state index contributed by atoms with van der Waals surface area (Å²) in [5.41, 5.74) is -0.158. The Hall–Kier alpha value is -1.14. The smallest absolute Gasteiger partial charge is 0.270 e. The van der Waals surface area contributed by atoms with Crippen molar-refractivity contribution in [3.8, 4) is 5.75 Å². The van der Waals surface area contributed by atoms with Gasteiger partial charge in [0.05, 0.1) is 9.40 Å². The largest absolute Gasteiger partial charge is 0.484 e. The van der Waals surface area contributed by atoms with Gasteiger partial charge in [0, 0.05) is 25.2 Å². The van der Waals surface area contributed by atoms with Crippen LogP contribution in [0.25, 0.3) is 0 Å². The predicted octanol–water partition coefficient (Wildman–Crippen LogP) is 2.10. The second-order valence-corrected chi connectivity index (χ2v) is 4.88. The number of hydrogen-bond donors (Lipinski definition) is 1. The highest BCUT2D eigenvalue weighted by Gasteiger charge is 2.34. The molecule has 0 aromatic heterocycles. The average Bonchev–Trinajstić information content (AvgIpc) is 2.18. The Morgan fingerprint density at radius 3 is 2.69 bits per heavy atom. The number of rotatable bonds is 3. The number of hydrogen-bond acceptors (Lipinski definition) is 4. The lowest BCUT2D eigenvalue weighted by Crippen LogP contribution is -2.61. The van der Waals surface area contributed by atoms with Crippen molar-refractivity contribution in [2.24, 2.45) is 0 Å². The van der Waals surface area contributed by atoms with Gasteiger partial charge < -0.3 is 10.1 Å². The molecular weight excluding hydrogens is 276 g/mol. The van der Waals surface area contributed by atoms with Crippen LogP contribution in [0, 0.1) is 10.1 Å². The summed E-state index contributed by atoms with van der Waals surface area (Å²) in [5, 5.41) is 13.7. The quantitative estimate of drug-likeness (QED) is 0.683. The van der Waals surface area contributed by atoms with E-state index in [4.69, 9.17) is 4.74 Å². The molecule has 6 heteroatoms. The molecule has 1 fully saturated rings. The highest BCUT2D eigenvalue weighted by molar-refractivity contribution is 9.10. The van der Waals surface area contributed by atoms with Crippen LogP contribution in [0.5, 0.6) is 5.75 Å². The van der Waals surface area contributed by atoms with Crippen molar-refractivity contribution in [3.63, 3.8) is 0 Å². The van der Waals surface area contributed by atoms with Crippen LogP contribution in [0.15, 0.2) is 22.7 Å². The first-order chi connectivity index (χ1) is 7.50. The van der Waals surface area contributed by atoms with Gasteiger partial charge in [0.15, 0.2) is 0 Å². The van der Waals surface area contributed by atoms with E-state index in [0.717, 1.165) is 13.1 Å². The van der Waals surface area contributed by atoms with Crippen LogP contribution in [-0.4, -0.2) is 23.6 Å².